The quantitative estimate of drug-likeness (QED) is 0.905. The Balaban J connectivity index is 3.78. The Morgan fingerprint density at radius 2 is 1.79 bits per heavy atom. The number of rotatable bonds is 3. The standard InChI is InChI=1S/C10H11F3N2O3S/c1-15(2)19(17,18)7-5-3-4-6(9(14)16)8(7)10(11,12)13/h3-5H,1-2H3,(H2,14,16). The van der Waals surface area contributed by atoms with Gasteiger partial charge in [-0.25, -0.2) is 12.7 Å². The summed E-state index contributed by atoms with van der Waals surface area (Å²) in [5, 5.41) is 0. The van der Waals surface area contributed by atoms with Crippen LogP contribution in [0.4, 0.5) is 13.2 Å². The first-order chi connectivity index (χ1) is 8.49. The summed E-state index contributed by atoms with van der Waals surface area (Å²) in [7, 11) is -2.16. The van der Waals surface area contributed by atoms with Crippen molar-refractivity contribution in [2.24, 2.45) is 5.73 Å². The van der Waals surface area contributed by atoms with Crippen LogP contribution in [0.25, 0.3) is 0 Å². The number of amides is 1. The average Bonchev–Trinajstić information content (AvgIpc) is 2.26. The largest absolute Gasteiger partial charge is 0.418 e. The Morgan fingerprint density at radius 1 is 1.26 bits per heavy atom. The number of carbonyl (C=O) groups is 1. The SMILES string of the molecule is CN(C)S(=O)(=O)c1cccc(C(N)=O)c1C(F)(F)F. The zero-order valence-electron chi connectivity index (χ0n) is 10.0. The number of sulfonamides is 1. The van der Waals surface area contributed by atoms with Crippen LogP contribution in [0, 0.1) is 0 Å². The molecule has 0 heterocycles. The van der Waals surface area contributed by atoms with Crippen molar-refractivity contribution >= 4 is 15.9 Å². The van der Waals surface area contributed by atoms with E-state index in [0.717, 1.165) is 32.3 Å². The Kier molecular flexibility index (Phi) is 3.92. The number of alkyl halides is 3. The molecule has 0 aliphatic rings. The number of hydrogen-bond donors (Lipinski definition) is 1. The number of nitrogens with two attached hydrogens (primary N) is 1. The lowest BCUT2D eigenvalue weighted by Gasteiger charge is -2.18. The van der Waals surface area contributed by atoms with Gasteiger partial charge < -0.3 is 5.73 Å². The van der Waals surface area contributed by atoms with Crippen molar-refractivity contribution in [1.82, 2.24) is 4.31 Å². The fraction of sp³-hybridized carbons (Fsp3) is 0.300. The monoisotopic (exact) mass is 296 g/mol. The molecule has 106 valence electrons. The fourth-order valence-electron chi connectivity index (χ4n) is 1.44. The van der Waals surface area contributed by atoms with Gasteiger partial charge in [0.15, 0.2) is 0 Å². The predicted molar refractivity (Wildman–Crippen MR) is 60.8 cm³/mol. The molecule has 9 heteroatoms. The van der Waals surface area contributed by atoms with Crippen LogP contribution in [0.5, 0.6) is 0 Å². The molecule has 0 atom stereocenters. The summed E-state index contributed by atoms with van der Waals surface area (Å²) >= 11 is 0. The van der Waals surface area contributed by atoms with Crippen LogP contribution in [-0.2, 0) is 16.2 Å². The molecule has 0 radical (unpaired) electrons. The van der Waals surface area contributed by atoms with Crippen molar-refractivity contribution in [3.63, 3.8) is 0 Å². The van der Waals surface area contributed by atoms with Gasteiger partial charge in [0.1, 0.15) is 0 Å². The van der Waals surface area contributed by atoms with Crippen LogP contribution >= 0.6 is 0 Å². The van der Waals surface area contributed by atoms with Crippen molar-refractivity contribution in [1.29, 1.82) is 0 Å². The lowest BCUT2D eigenvalue weighted by atomic mass is 10.1. The van der Waals surface area contributed by atoms with E-state index in [9.17, 15) is 26.4 Å². The number of benzene rings is 1. The molecule has 19 heavy (non-hydrogen) atoms. The summed E-state index contributed by atoms with van der Waals surface area (Å²) in [5.41, 5.74) is 2.43. The van der Waals surface area contributed by atoms with E-state index >= 15 is 0 Å². The molecule has 1 amide bonds. The van der Waals surface area contributed by atoms with Gasteiger partial charge >= 0.3 is 6.18 Å². The Hall–Kier alpha value is -1.61. The molecule has 0 aromatic heterocycles. The summed E-state index contributed by atoms with van der Waals surface area (Å²) in [4.78, 5) is 10.0. The second-order valence-corrected chi connectivity index (χ2v) is 5.95. The molecule has 0 spiro atoms. The lowest BCUT2D eigenvalue weighted by Crippen LogP contribution is -2.28. The van der Waals surface area contributed by atoms with E-state index in [0.29, 0.717) is 4.31 Å². The molecule has 1 rings (SSSR count). The molecular weight excluding hydrogens is 285 g/mol. The predicted octanol–water partition coefficient (Wildman–Crippen LogP) is 1.05. The van der Waals surface area contributed by atoms with Crippen LogP contribution in [0.3, 0.4) is 0 Å². The third-order valence-electron chi connectivity index (χ3n) is 2.33. The summed E-state index contributed by atoms with van der Waals surface area (Å²) in [6, 6.07) is 2.65. The number of primary amides is 1. The molecule has 1 aromatic rings. The highest BCUT2D eigenvalue weighted by atomic mass is 32.2. The summed E-state index contributed by atoms with van der Waals surface area (Å²) in [6.07, 6.45) is -5.01. The van der Waals surface area contributed by atoms with Gasteiger partial charge in [0.2, 0.25) is 15.9 Å². The van der Waals surface area contributed by atoms with Crippen molar-refractivity contribution in [2.75, 3.05) is 14.1 Å². The van der Waals surface area contributed by atoms with Gasteiger partial charge in [-0.2, -0.15) is 13.2 Å². The van der Waals surface area contributed by atoms with Crippen molar-refractivity contribution in [3.05, 3.63) is 29.3 Å². The van der Waals surface area contributed by atoms with Crippen LogP contribution in [-0.4, -0.2) is 32.7 Å². The summed E-state index contributed by atoms with van der Waals surface area (Å²) < 4.78 is 63.2. The van der Waals surface area contributed by atoms with Crippen molar-refractivity contribution in [3.8, 4) is 0 Å². The van der Waals surface area contributed by atoms with E-state index in [2.05, 4.69) is 0 Å². The van der Waals surface area contributed by atoms with Gasteiger partial charge in [-0.3, -0.25) is 4.79 Å². The van der Waals surface area contributed by atoms with Gasteiger partial charge in [-0.15, -0.1) is 0 Å². The van der Waals surface area contributed by atoms with Crippen LogP contribution in [0.1, 0.15) is 15.9 Å². The van der Waals surface area contributed by atoms with Gasteiger partial charge in [0, 0.05) is 14.1 Å². The highest BCUT2D eigenvalue weighted by molar-refractivity contribution is 7.89. The zero-order valence-corrected chi connectivity index (χ0v) is 10.8. The summed E-state index contributed by atoms with van der Waals surface area (Å²) in [5.74, 6) is -1.34. The smallest absolute Gasteiger partial charge is 0.366 e. The zero-order chi connectivity index (χ0) is 15.0. The highest BCUT2D eigenvalue weighted by Crippen LogP contribution is 2.37. The second-order valence-electron chi connectivity index (χ2n) is 3.83. The maximum atomic E-state index is 13.0. The molecule has 5 nitrogen and oxygen atoms in total. The first-order valence-corrected chi connectivity index (χ1v) is 6.36. The molecule has 0 saturated carbocycles. The fourth-order valence-corrected chi connectivity index (χ4v) is 2.57. The molecule has 0 fully saturated rings. The van der Waals surface area contributed by atoms with Gasteiger partial charge in [0.05, 0.1) is 16.0 Å². The maximum Gasteiger partial charge on any atom is 0.418 e. The maximum absolute atomic E-state index is 13.0. The number of halogens is 3. The van der Waals surface area contributed by atoms with Gasteiger partial charge in [-0.05, 0) is 12.1 Å². The Morgan fingerprint density at radius 3 is 2.16 bits per heavy atom. The molecule has 1 aromatic carbocycles. The van der Waals surface area contributed by atoms with E-state index in [-0.39, 0.29) is 0 Å². The summed E-state index contributed by atoms with van der Waals surface area (Å²) in [6.45, 7) is 0. The minimum atomic E-state index is -5.01. The number of nitrogens with zero attached hydrogens (tertiary/aromatic N) is 1. The number of carbonyl (C=O) groups excluding carboxylic acids is 1. The third-order valence-corrected chi connectivity index (χ3v) is 4.19. The highest BCUT2D eigenvalue weighted by Gasteiger charge is 2.41. The first-order valence-electron chi connectivity index (χ1n) is 4.92. The van der Waals surface area contributed by atoms with Crippen LogP contribution in [0.15, 0.2) is 23.1 Å². The van der Waals surface area contributed by atoms with Gasteiger partial charge in [0.25, 0.3) is 0 Å². The topological polar surface area (TPSA) is 80.5 Å². The molecule has 0 unspecified atom stereocenters. The van der Waals surface area contributed by atoms with E-state index in [4.69, 9.17) is 5.73 Å². The second kappa shape index (κ2) is 4.82. The average molecular weight is 296 g/mol. The third kappa shape index (κ3) is 2.87. The molecule has 0 aliphatic heterocycles. The van der Waals surface area contributed by atoms with Gasteiger partial charge in [-0.1, -0.05) is 6.07 Å². The Bertz CT molecular complexity index is 609. The molecule has 0 aliphatic carbocycles. The van der Waals surface area contributed by atoms with E-state index in [1.807, 2.05) is 0 Å². The van der Waals surface area contributed by atoms with E-state index < -0.39 is 38.1 Å². The molecule has 0 bridgehead atoms. The molecule has 2 N–H and O–H groups in total. The van der Waals surface area contributed by atoms with Crippen molar-refractivity contribution in [2.45, 2.75) is 11.1 Å². The Labute approximate surface area is 107 Å². The lowest BCUT2D eigenvalue weighted by molar-refractivity contribution is -0.140. The first kappa shape index (κ1) is 15.4. The van der Waals surface area contributed by atoms with Crippen LogP contribution < -0.4 is 5.73 Å². The minimum Gasteiger partial charge on any atom is -0.366 e. The molecular formula is C10H11F3N2O3S. The normalized spacial score (nSPS) is 12.7. The van der Waals surface area contributed by atoms with Crippen LogP contribution in [0.2, 0.25) is 0 Å². The molecule has 0 saturated heterocycles. The number of hydrogen-bond acceptors (Lipinski definition) is 3. The minimum absolute atomic E-state index is 0.627. The van der Waals surface area contributed by atoms with E-state index in [1.165, 1.54) is 0 Å². The van der Waals surface area contributed by atoms with E-state index in [1.54, 1.807) is 0 Å². The van der Waals surface area contributed by atoms with Crippen molar-refractivity contribution < 1.29 is 26.4 Å².